The molecule has 88 valence electrons. The van der Waals surface area contributed by atoms with E-state index in [-0.39, 0.29) is 18.9 Å². The summed E-state index contributed by atoms with van der Waals surface area (Å²) in [7, 11) is 3.23. The van der Waals surface area contributed by atoms with Crippen molar-refractivity contribution in [3.8, 4) is 0 Å². The second-order valence-corrected chi connectivity index (χ2v) is 3.72. The van der Waals surface area contributed by atoms with Crippen LogP contribution in [0.25, 0.3) is 0 Å². The van der Waals surface area contributed by atoms with Gasteiger partial charge in [-0.2, -0.15) is 5.10 Å². The van der Waals surface area contributed by atoms with Crippen molar-refractivity contribution >= 4 is 11.9 Å². The highest BCUT2D eigenvalue weighted by molar-refractivity contribution is 5.82. The van der Waals surface area contributed by atoms with Gasteiger partial charge in [-0.15, -0.1) is 0 Å². The number of carbonyl (C=O) groups is 2. The van der Waals surface area contributed by atoms with Gasteiger partial charge in [0.05, 0.1) is 12.1 Å². The van der Waals surface area contributed by atoms with Crippen LogP contribution in [-0.2, 0) is 23.1 Å². The van der Waals surface area contributed by atoms with Crippen LogP contribution in [-0.4, -0.2) is 45.3 Å². The van der Waals surface area contributed by atoms with Crippen LogP contribution in [0.4, 0.5) is 0 Å². The Morgan fingerprint density at radius 3 is 2.62 bits per heavy atom. The molecule has 0 aliphatic carbocycles. The van der Waals surface area contributed by atoms with E-state index in [1.165, 1.54) is 11.9 Å². The van der Waals surface area contributed by atoms with Gasteiger partial charge in [-0.1, -0.05) is 0 Å². The van der Waals surface area contributed by atoms with E-state index in [0.29, 0.717) is 0 Å². The summed E-state index contributed by atoms with van der Waals surface area (Å²) in [6.45, 7) is 1.56. The standard InChI is InChI=1S/C10H15N3O3/c1-7-4-8(13(3)11-7)5-9(14)12(2)6-10(15)16/h4H,5-6H2,1-3H3,(H,15,16). The average Bonchev–Trinajstić information content (AvgIpc) is 2.43. The molecule has 0 aromatic carbocycles. The number of aliphatic carboxylic acids is 1. The fourth-order valence-corrected chi connectivity index (χ4v) is 1.41. The van der Waals surface area contributed by atoms with Crippen LogP contribution in [0.1, 0.15) is 11.4 Å². The van der Waals surface area contributed by atoms with Crippen molar-refractivity contribution in [1.82, 2.24) is 14.7 Å². The molecule has 1 rings (SSSR count). The third kappa shape index (κ3) is 3.08. The molecule has 0 bridgehead atoms. The van der Waals surface area contributed by atoms with Crippen molar-refractivity contribution in [3.63, 3.8) is 0 Å². The predicted molar refractivity (Wildman–Crippen MR) is 56.9 cm³/mol. The molecule has 1 amide bonds. The summed E-state index contributed by atoms with van der Waals surface area (Å²) in [5, 5.41) is 12.7. The Morgan fingerprint density at radius 2 is 2.19 bits per heavy atom. The lowest BCUT2D eigenvalue weighted by Gasteiger charge is -2.14. The minimum Gasteiger partial charge on any atom is -0.480 e. The van der Waals surface area contributed by atoms with Gasteiger partial charge in [0.1, 0.15) is 6.54 Å². The summed E-state index contributed by atoms with van der Waals surface area (Å²) < 4.78 is 1.63. The summed E-state index contributed by atoms with van der Waals surface area (Å²) in [4.78, 5) is 23.2. The molecule has 0 aliphatic heterocycles. The number of rotatable bonds is 4. The third-order valence-corrected chi connectivity index (χ3v) is 2.23. The van der Waals surface area contributed by atoms with E-state index in [1.807, 2.05) is 13.0 Å². The van der Waals surface area contributed by atoms with Crippen molar-refractivity contribution in [1.29, 1.82) is 0 Å². The van der Waals surface area contributed by atoms with E-state index in [0.717, 1.165) is 11.4 Å². The second kappa shape index (κ2) is 4.78. The maximum atomic E-state index is 11.6. The molecule has 1 heterocycles. The fourth-order valence-electron chi connectivity index (χ4n) is 1.41. The lowest BCUT2D eigenvalue weighted by Crippen LogP contribution is -2.33. The average molecular weight is 225 g/mol. The van der Waals surface area contributed by atoms with Gasteiger partial charge in [0.15, 0.2) is 0 Å². The molecule has 0 atom stereocenters. The Balaban J connectivity index is 2.64. The smallest absolute Gasteiger partial charge is 0.323 e. The number of aromatic nitrogens is 2. The van der Waals surface area contributed by atoms with Gasteiger partial charge < -0.3 is 10.0 Å². The number of carbonyl (C=O) groups excluding carboxylic acids is 1. The molecule has 0 saturated carbocycles. The molecule has 0 unspecified atom stereocenters. The number of nitrogens with zero attached hydrogens (tertiary/aromatic N) is 3. The normalized spacial score (nSPS) is 10.2. The molecule has 0 spiro atoms. The van der Waals surface area contributed by atoms with Gasteiger partial charge in [-0.25, -0.2) is 0 Å². The summed E-state index contributed by atoms with van der Waals surface area (Å²) in [5.74, 6) is -1.25. The van der Waals surface area contributed by atoms with Crippen LogP contribution < -0.4 is 0 Å². The monoisotopic (exact) mass is 225 g/mol. The van der Waals surface area contributed by atoms with E-state index in [9.17, 15) is 9.59 Å². The van der Waals surface area contributed by atoms with Crippen molar-refractivity contribution in [3.05, 3.63) is 17.5 Å². The maximum Gasteiger partial charge on any atom is 0.323 e. The Labute approximate surface area is 93.5 Å². The lowest BCUT2D eigenvalue weighted by molar-refractivity contribution is -0.143. The molecule has 6 heteroatoms. The van der Waals surface area contributed by atoms with Crippen LogP contribution in [0.3, 0.4) is 0 Å². The van der Waals surface area contributed by atoms with Crippen LogP contribution in [0, 0.1) is 6.92 Å². The zero-order chi connectivity index (χ0) is 12.3. The molecule has 1 aromatic rings. The maximum absolute atomic E-state index is 11.6. The molecule has 0 saturated heterocycles. The van der Waals surface area contributed by atoms with Crippen LogP contribution >= 0.6 is 0 Å². The van der Waals surface area contributed by atoms with Gasteiger partial charge >= 0.3 is 5.97 Å². The first-order valence-corrected chi connectivity index (χ1v) is 4.85. The van der Waals surface area contributed by atoms with Crippen LogP contribution in [0.15, 0.2) is 6.07 Å². The Morgan fingerprint density at radius 1 is 1.56 bits per heavy atom. The Hall–Kier alpha value is -1.85. The van der Waals surface area contributed by atoms with Crippen LogP contribution in [0.5, 0.6) is 0 Å². The van der Waals surface area contributed by atoms with E-state index >= 15 is 0 Å². The van der Waals surface area contributed by atoms with Crippen molar-refractivity contribution < 1.29 is 14.7 Å². The first-order valence-electron chi connectivity index (χ1n) is 4.85. The molecular weight excluding hydrogens is 210 g/mol. The minimum atomic E-state index is -1.02. The molecular formula is C10H15N3O3. The number of hydrogen-bond acceptors (Lipinski definition) is 3. The summed E-state index contributed by atoms with van der Waals surface area (Å²) in [6.07, 6.45) is 0.168. The van der Waals surface area contributed by atoms with Gasteiger partial charge in [0.25, 0.3) is 0 Å². The molecule has 0 fully saturated rings. The molecule has 16 heavy (non-hydrogen) atoms. The third-order valence-electron chi connectivity index (χ3n) is 2.23. The number of hydrogen-bond donors (Lipinski definition) is 1. The predicted octanol–water partition coefficient (Wildman–Crippen LogP) is -0.186. The van der Waals surface area contributed by atoms with E-state index < -0.39 is 5.97 Å². The zero-order valence-corrected chi connectivity index (χ0v) is 9.60. The fraction of sp³-hybridized carbons (Fsp3) is 0.500. The lowest BCUT2D eigenvalue weighted by atomic mass is 10.2. The Kier molecular flexibility index (Phi) is 3.65. The largest absolute Gasteiger partial charge is 0.480 e. The molecule has 1 aromatic heterocycles. The van der Waals surface area contributed by atoms with E-state index in [4.69, 9.17) is 5.11 Å². The van der Waals surface area contributed by atoms with Crippen molar-refractivity contribution in [2.75, 3.05) is 13.6 Å². The van der Waals surface area contributed by atoms with Gasteiger partial charge in [-0.3, -0.25) is 14.3 Å². The SMILES string of the molecule is Cc1cc(CC(=O)N(C)CC(=O)O)n(C)n1. The van der Waals surface area contributed by atoms with E-state index in [1.54, 1.807) is 11.7 Å². The Bertz CT molecular complexity index is 411. The molecule has 0 radical (unpaired) electrons. The van der Waals surface area contributed by atoms with E-state index in [2.05, 4.69) is 5.10 Å². The topological polar surface area (TPSA) is 75.4 Å². The second-order valence-electron chi connectivity index (χ2n) is 3.72. The van der Waals surface area contributed by atoms with Gasteiger partial charge in [-0.05, 0) is 13.0 Å². The highest BCUT2D eigenvalue weighted by atomic mass is 16.4. The van der Waals surface area contributed by atoms with Crippen molar-refractivity contribution in [2.24, 2.45) is 7.05 Å². The minimum absolute atomic E-state index is 0.168. The highest BCUT2D eigenvalue weighted by Crippen LogP contribution is 2.04. The van der Waals surface area contributed by atoms with Crippen molar-refractivity contribution in [2.45, 2.75) is 13.3 Å². The number of likely N-dealkylation sites (N-methyl/N-ethyl adjacent to an activating group) is 1. The highest BCUT2D eigenvalue weighted by Gasteiger charge is 2.14. The quantitative estimate of drug-likeness (QED) is 0.771. The first-order chi connectivity index (χ1) is 7.40. The molecule has 1 N–H and O–H groups in total. The van der Waals surface area contributed by atoms with Crippen LogP contribution in [0.2, 0.25) is 0 Å². The summed E-state index contributed by atoms with van der Waals surface area (Å²) in [6, 6.07) is 1.81. The summed E-state index contributed by atoms with van der Waals surface area (Å²) >= 11 is 0. The number of amides is 1. The first kappa shape index (κ1) is 12.2. The number of carboxylic acid groups (broad SMARTS) is 1. The number of aryl methyl sites for hydroxylation is 2. The van der Waals surface area contributed by atoms with Gasteiger partial charge in [0.2, 0.25) is 5.91 Å². The molecule has 6 nitrogen and oxygen atoms in total. The van der Waals surface area contributed by atoms with Gasteiger partial charge in [0, 0.05) is 19.8 Å². The number of carboxylic acids is 1. The zero-order valence-electron chi connectivity index (χ0n) is 9.60. The molecule has 0 aliphatic rings. The summed E-state index contributed by atoms with van der Waals surface area (Å²) in [5.41, 5.74) is 1.62.